The number of nitrogens with zero attached hydrogens (tertiary/aromatic N) is 2. The van der Waals surface area contributed by atoms with E-state index in [1.54, 1.807) is 6.08 Å². The van der Waals surface area contributed by atoms with Gasteiger partial charge in [0.1, 0.15) is 10.7 Å². The molecule has 1 N–H and O–H groups in total. The van der Waals surface area contributed by atoms with Crippen LogP contribution in [0.1, 0.15) is 10.4 Å². The second-order valence-electron chi connectivity index (χ2n) is 4.64. The monoisotopic (exact) mass is 312 g/mol. The van der Waals surface area contributed by atoms with Crippen molar-refractivity contribution in [3.05, 3.63) is 64.3 Å². The summed E-state index contributed by atoms with van der Waals surface area (Å²) in [5.74, 6) is -0.612. The molecular weight excluding hydrogens is 300 g/mol. The van der Waals surface area contributed by atoms with Gasteiger partial charge in [0.2, 0.25) is 0 Å². The average Bonchev–Trinajstić information content (AvgIpc) is 2.95. The van der Waals surface area contributed by atoms with Gasteiger partial charge in [-0.3, -0.25) is 9.36 Å². The highest BCUT2D eigenvalue weighted by atomic mass is 32.1. The Hall–Kier alpha value is -2.73. The van der Waals surface area contributed by atoms with E-state index in [0.29, 0.717) is 10.7 Å². The van der Waals surface area contributed by atoms with E-state index in [4.69, 9.17) is 0 Å². The predicted octanol–water partition coefficient (Wildman–Crippen LogP) is 3.01. The molecule has 0 bridgehead atoms. The van der Waals surface area contributed by atoms with Gasteiger partial charge in [-0.2, -0.15) is 0 Å². The molecule has 0 aliphatic rings. The van der Waals surface area contributed by atoms with Crippen LogP contribution in [0.25, 0.3) is 21.6 Å². The van der Waals surface area contributed by atoms with Crippen LogP contribution in [0.5, 0.6) is 0 Å². The number of hydrogen-bond donors (Lipinski definition) is 1. The molecule has 0 spiro atoms. The standard InChI is InChI=1S/C16H12N2O3S/c1-2-8-18-13(10-6-4-3-5-7-10)17-14-12(15(18)19)11(9-22-14)16(20)21/h2-7,9H,1,8H2,(H,20,21). The van der Waals surface area contributed by atoms with Gasteiger partial charge in [-0.05, 0) is 0 Å². The van der Waals surface area contributed by atoms with Gasteiger partial charge in [0.15, 0.2) is 0 Å². The van der Waals surface area contributed by atoms with E-state index >= 15 is 0 Å². The Labute approximate surface area is 129 Å². The van der Waals surface area contributed by atoms with Crippen LogP contribution in [0.3, 0.4) is 0 Å². The molecule has 0 saturated carbocycles. The Bertz CT molecular complexity index is 926. The smallest absolute Gasteiger partial charge is 0.337 e. The third kappa shape index (κ3) is 2.23. The first-order valence-electron chi connectivity index (χ1n) is 6.55. The normalized spacial score (nSPS) is 10.7. The number of aromatic nitrogens is 2. The van der Waals surface area contributed by atoms with E-state index in [-0.39, 0.29) is 23.1 Å². The number of carboxylic acids is 1. The molecule has 0 atom stereocenters. The van der Waals surface area contributed by atoms with E-state index in [0.717, 1.165) is 16.9 Å². The van der Waals surface area contributed by atoms with Crippen molar-refractivity contribution in [1.29, 1.82) is 0 Å². The third-order valence-corrected chi connectivity index (χ3v) is 4.14. The molecule has 0 unspecified atom stereocenters. The molecule has 6 heteroatoms. The minimum atomic E-state index is -1.12. The first kappa shape index (κ1) is 14.2. The summed E-state index contributed by atoms with van der Waals surface area (Å²) >= 11 is 1.16. The number of carboxylic acid groups (broad SMARTS) is 1. The molecule has 0 aliphatic heterocycles. The minimum Gasteiger partial charge on any atom is -0.478 e. The van der Waals surface area contributed by atoms with Gasteiger partial charge in [-0.15, -0.1) is 17.9 Å². The number of aromatic carboxylic acids is 1. The maximum atomic E-state index is 12.7. The van der Waals surface area contributed by atoms with Crippen molar-refractivity contribution in [3.63, 3.8) is 0 Å². The molecule has 0 saturated heterocycles. The fourth-order valence-electron chi connectivity index (χ4n) is 2.29. The van der Waals surface area contributed by atoms with Crippen molar-refractivity contribution in [1.82, 2.24) is 9.55 Å². The largest absolute Gasteiger partial charge is 0.478 e. The number of fused-ring (bicyclic) bond motifs is 1. The van der Waals surface area contributed by atoms with E-state index in [1.807, 2.05) is 30.3 Å². The number of rotatable bonds is 4. The number of benzene rings is 1. The molecule has 0 aliphatic carbocycles. The summed E-state index contributed by atoms with van der Waals surface area (Å²) in [5.41, 5.74) is 0.436. The van der Waals surface area contributed by atoms with Gasteiger partial charge < -0.3 is 5.11 Å². The SMILES string of the molecule is C=CCn1c(-c2ccccc2)nc2scc(C(=O)O)c2c1=O. The average molecular weight is 312 g/mol. The van der Waals surface area contributed by atoms with Crippen LogP contribution < -0.4 is 5.56 Å². The Kier molecular flexibility index (Phi) is 3.60. The molecule has 5 nitrogen and oxygen atoms in total. The number of carbonyl (C=O) groups is 1. The Morgan fingerprint density at radius 2 is 2.09 bits per heavy atom. The van der Waals surface area contributed by atoms with Crippen molar-refractivity contribution in [2.24, 2.45) is 0 Å². The Balaban J connectivity index is 2.39. The zero-order chi connectivity index (χ0) is 15.7. The summed E-state index contributed by atoms with van der Waals surface area (Å²) in [7, 11) is 0. The molecule has 3 rings (SSSR count). The van der Waals surface area contributed by atoms with Crippen molar-refractivity contribution in [2.45, 2.75) is 6.54 Å². The molecule has 1 aromatic carbocycles. The van der Waals surface area contributed by atoms with Crippen LogP contribution >= 0.6 is 11.3 Å². The van der Waals surface area contributed by atoms with Crippen LogP contribution in [0.15, 0.2) is 53.2 Å². The van der Waals surface area contributed by atoms with Gasteiger partial charge >= 0.3 is 5.97 Å². The van der Waals surface area contributed by atoms with E-state index in [2.05, 4.69) is 11.6 Å². The maximum absolute atomic E-state index is 12.7. The fraction of sp³-hybridized carbons (Fsp3) is 0.0625. The van der Waals surface area contributed by atoms with Crippen molar-refractivity contribution < 1.29 is 9.90 Å². The molecule has 3 aromatic rings. The van der Waals surface area contributed by atoms with Crippen molar-refractivity contribution in [3.8, 4) is 11.4 Å². The summed E-state index contributed by atoms with van der Waals surface area (Å²) in [6, 6.07) is 9.32. The van der Waals surface area contributed by atoms with E-state index in [1.165, 1.54) is 9.95 Å². The summed E-state index contributed by atoms with van der Waals surface area (Å²) in [5, 5.41) is 10.8. The number of thiophene rings is 1. The molecule has 0 fully saturated rings. The summed E-state index contributed by atoms with van der Waals surface area (Å²) in [6.07, 6.45) is 1.59. The molecule has 110 valence electrons. The second-order valence-corrected chi connectivity index (χ2v) is 5.50. The second kappa shape index (κ2) is 5.57. The predicted molar refractivity (Wildman–Crippen MR) is 86.5 cm³/mol. The highest BCUT2D eigenvalue weighted by Gasteiger charge is 2.19. The number of allylic oxidation sites excluding steroid dienone is 1. The van der Waals surface area contributed by atoms with Gasteiger partial charge in [-0.25, -0.2) is 9.78 Å². The van der Waals surface area contributed by atoms with Crippen LogP contribution in [-0.2, 0) is 6.54 Å². The molecule has 2 heterocycles. The van der Waals surface area contributed by atoms with Crippen molar-refractivity contribution in [2.75, 3.05) is 0 Å². The van der Waals surface area contributed by atoms with Gasteiger partial charge in [0, 0.05) is 17.5 Å². The van der Waals surface area contributed by atoms with E-state index in [9.17, 15) is 14.7 Å². The molecule has 2 aromatic heterocycles. The first-order chi connectivity index (χ1) is 10.6. The highest BCUT2D eigenvalue weighted by molar-refractivity contribution is 7.17. The number of hydrogen-bond acceptors (Lipinski definition) is 4. The minimum absolute atomic E-state index is 0.00470. The summed E-state index contributed by atoms with van der Waals surface area (Å²) in [4.78, 5) is 28.9. The first-order valence-corrected chi connectivity index (χ1v) is 7.43. The third-order valence-electron chi connectivity index (χ3n) is 3.27. The fourth-order valence-corrected chi connectivity index (χ4v) is 3.19. The van der Waals surface area contributed by atoms with Crippen LogP contribution in [0, 0.1) is 0 Å². The van der Waals surface area contributed by atoms with Crippen molar-refractivity contribution >= 4 is 27.5 Å². The lowest BCUT2D eigenvalue weighted by Gasteiger charge is -2.10. The molecule has 0 amide bonds. The molecule has 22 heavy (non-hydrogen) atoms. The topological polar surface area (TPSA) is 72.2 Å². The lowest BCUT2D eigenvalue weighted by Crippen LogP contribution is -2.23. The highest BCUT2D eigenvalue weighted by Crippen LogP contribution is 2.25. The Morgan fingerprint density at radius 3 is 2.73 bits per heavy atom. The van der Waals surface area contributed by atoms with Gasteiger partial charge in [-0.1, -0.05) is 36.4 Å². The van der Waals surface area contributed by atoms with Crippen LogP contribution in [0.4, 0.5) is 0 Å². The zero-order valence-electron chi connectivity index (χ0n) is 11.5. The lowest BCUT2D eigenvalue weighted by molar-refractivity contribution is 0.0699. The quantitative estimate of drug-likeness (QED) is 0.752. The maximum Gasteiger partial charge on any atom is 0.337 e. The molecule has 0 radical (unpaired) electrons. The van der Waals surface area contributed by atoms with Gasteiger partial charge in [0.25, 0.3) is 5.56 Å². The summed E-state index contributed by atoms with van der Waals surface area (Å²) in [6.45, 7) is 3.92. The van der Waals surface area contributed by atoms with Crippen LogP contribution in [-0.4, -0.2) is 20.6 Å². The molecular formula is C16H12N2O3S. The van der Waals surface area contributed by atoms with Gasteiger partial charge in [0.05, 0.1) is 10.9 Å². The Morgan fingerprint density at radius 1 is 1.36 bits per heavy atom. The summed E-state index contributed by atoms with van der Waals surface area (Å²) < 4.78 is 1.45. The van der Waals surface area contributed by atoms with Crippen LogP contribution in [0.2, 0.25) is 0 Å². The van der Waals surface area contributed by atoms with E-state index < -0.39 is 5.97 Å². The lowest BCUT2D eigenvalue weighted by atomic mass is 10.2. The zero-order valence-corrected chi connectivity index (χ0v) is 12.3.